The minimum absolute atomic E-state index is 0.0358. The summed E-state index contributed by atoms with van der Waals surface area (Å²) in [5.41, 5.74) is 6.87. The van der Waals surface area contributed by atoms with E-state index in [1.807, 2.05) is 17.0 Å². The molecule has 1 amide bonds. The molecule has 1 aromatic rings. The molecule has 4 nitrogen and oxygen atoms in total. The molecule has 1 aliphatic rings. The van der Waals surface area contributed by atoms with Gasteiger partial charge in [0.1, 0.15) is 5.84 Å². The van der Waals surface area contributed by atoms with Crippen LogP contribution in [0.1, 0.15) is 36.0 Å². The van der Waals surface area contributed by atoms with Crippen LogP contribution in [0.3, 0.4) is 0 Å². The van der Waals surface area contributed by atoms with Crippen molar-refractivity contribution in [2.45, 2.75) is 25.7 Å². The van der Waals surface area contributed by atoms with Crippen LogP contribution in [0.4, 0.5) is 5.69 Å². The number of nitrogens with zero attached hydrogens (tertiary/aromatic N) is 2. The molecule has 108 valence electrons. The number of halogens is 1. The first-order valence-electron chi connectivity index (χ1n) is 6.99. The van der Waals surface area contributed by atoms with Gasteiger partial charge < -0.3 is 10.6 Å². The van der Waals surface area contributed by atoms with E-state index in [1.165, 1.54) is 12.8 Å². The largest absolute Gasteiger partial charge is 0.386 e. The molecule has 2 N–H and O–H groups in total. The van der Waals surface area contributed by atoms with Crippen LogP contribution in [-0.4, -0.2) is 35.6 Å². The first-order chi connectivity index (χ1) is 9.72. The number of para-hydroxylation sites is 1. The summed E-state index contributed by atoms with van der Waals surface area (Å²) in [5.74, 6) is 0.517. The monoisotopic (exact) mass is 293 g/mol. The average molecular weight is 294 g/mol. The second-order valence-corrected chi connectivity index (χ2v) is 5.23. The van der Waals surface area contributed by atoms with Crippen LogP contribution in [0.15, 0.2) is 29.3 Å². The molecule has 0 bridgehead atoms. The zero-order valence-electron chi connectivity index (χ0n) is 11.5. The van der Waals surface area contributed by atoms with Gasteiger partial charge >= 0.3 is 0 Å². The highest BCUT2D eigenvalue weighted by molar-refractivity contribution is 6.28. The molecule has 2 rings (SSSR count). The summed E-state index contributed by atoms with van der Waals surface area (Å²) in [6.45, 7) is 1.64. The molecule has 20 heavy (non-hydrogen) atoms. The van der Waals surface area contributed by atoms with Crippen molar-refractivity contribution < 1.29 is 4.79 Å². The van der Waals surface area contributed by atoms with E-state index in [9.17, 15) is 4.79 Å². The van der Waals surface area contributed by atoms with E-state index in [4.69, 9.17) is 17.3 Å². The predicted octanol–water partition coefficient (Wildman–Crippen LogP) is 2.93. The van der Waals surface area contributed by atoms with Crippen molar-refractivity contribution in [3.8, 4) is 0 Å². The molecule has 1 aliphatic heterocycles. The Bertz CT molecular complexity index is 494. The zero-order chi connectivity index (χ0) is 14.4. The molecular weight excluding hydrogens is 274 g/mol. The molecule has 1 fully saturated rings. The Kier molecular flexibility index (Phi) is 5.41. The van der Waals surface area contributed by atoms with Crippen LogP contribution in [-0.2, 0) is 0 Å². The van der Waals surface area contributed by atoms with Gasteiger partial charge in [0.05, 0.1) is 17.1 Å². The molecule has 1 heterocycles. The smallest absolute Gasteiger partial charge is 0.256 e. The van der Waals surface area contributed by atoms with E-state index in [1.54, 1.807) is 12.1 Å². The van der Waals surface area contributed by atoms with Crippen LogP contribution in [0.2, 0.25) is 0 Å². The van der Waals surface area contributed by atoms with E-state index in [0.29, 0.717) is 17.1 Å². The van der Waals surface area contributed by atoms with Crippen LogP contribution in [0.5, 0.6) is 0 Å². The van der Waals surface area contributed by atoms with Gasteiger partial charge in [0.25, 0.3) is 5.91 Å². The summed E-state index contributed by atoms with van der Waals surface area (Å²) < 4.78 is 0. The maximum absolute atomic E-state index is 12.6. The number of likely N-dealkylation sites (tertiary alicyclic amines) is 1. The number of alkyl halides is 1. The minimum Gasteiger partial charge on any atom is -0.386 e. The molecule has 0 atom stereocenters. The third-order valence-corrected chi connectivity index (χ3v) is 3.70. The van der Waals surface area contributed by atoms with Crippen molar-refractivity contribution >= 4 is 29.0 Å². The maximum Gasteiger partial charge on any atom is 0.256 e. The Morgan fingerprint density at radius 2 is 1.85 bits per heavy atom. The summed E-state index contributed by atoms with van der Waals surface area (Å²) in [6.07, 6.45) is 4.54. The third kappa shape index (κ3) is 3.73. The van der Waals surface area contributed by atoms with Gasteiger partial charge in [-0.25, -0.2) is 4.99 Å². The molecule has 1 aromatic carbocycles. The number of nitrogens with two attached hydrogens (primary N) is 1. The van der Waals surface area contributed by atoms with Crippen molar-refractivity contribution in [2.75, 3.05) is 19.0 Å². The zero-order valence-corrected chi connectivity index (χ0v) is 12.3. The van der Waals surface area contributed by atoms with Crippen LogP contribution in [0, 0.1) is 0 Å². The molecule has 0 saturated carbocycles. The van der Waals surface area contributed by atoms with Gasteiger partial charge in [-0.2, -0.15) is 0 Å². The quantitative estimate of drug-likeness (QED) is 0.529. The fourth-order valence-corrected chi connectivity index (χ4v) is 2.44. The highest BCUT2D eigenvalue weighted by Crippen LogP contribution is 2.22. The van der Waals surface area contributed by atoms with Crippen molar-refractivity contribution in [3.05, 3.63) is 29.8 Å². The fraction of sp³-hybridized carbons (Fsp3) is 0.467. The van der Waals surface area contributed by atoms with Crippen LogP contribution in [0.25, 0.3) is 0 Å². The van der Waals surface area contributed by atoms with E-state index in [2.05, 4.69) is 4.99 Å². The molecule has 0 unspecified atom stereocenters. The Labute approximate surface area is 124 Å². The molecular formula is C15H20ClN3O. The molecule has 0 spiro atoms. The SMILES string of the molecule is NC(CCl)=Nc1ccccc1C(=O)N1CCCCCC1. The number of carbonyl (C=O) groups excluding carboxylic acids is 1. The van der Waals surface area contributed by atoms with Gasteiger partial charge in [-0.3, -0.25) is 4.79 Å². The lowest BCUT2D eigenvalue weighted by Crippen LogP contribution is -2.31. The highest BCUT2D eigenvalue weighted by atomic mass is 35.5. The Morgan fingerprint density at radius 1 is 1.20 bits per heavy atom. The van der Waals surface area contributed by atoms with Crippen LogP contribution >= 0.6 is 11.6 Å². The van der Waals surface area contributed by atoms with Crippen molar-refractivity contribution in [1.29, 1.82) is 0 Å². The number of amidine groups is 1. The molecule has 0 aromatic heterocycles. The number of benzene rings is 1. The van der Waals surface area contributed by atoms with Crippen molar-refractivity contribution in [2.24, 2.45) is 10.7 Å². The van der Waals surface area contributed by atoms with Gasteiger partial charge in [-0.15, -0.1) is 11.6 Å². The summed E-state index contributed by atoms with van der Waals surface area (Å²) in [5, 5.41) is 0. The van der Waals surface area contributed by atoms with E-state index in [0.717, 1.165) is 25.9 Å². The highest BCUT2D eigenvalue weighted by Gasteiger charge is 2.19. The second-order valence-electron chi connectivity index (χ2n) is 4.96. The first-order valence-corrected chi connectivity index (χ1v) is 7.53. The first kappa shape index (κ1) is 14.9. The van der Waals surface area contributed by atoms with Gasteiger partial charge in [-0.1, -0.05) is 25.0 Å². The van der Waals surface area contributed by atoms with Gasteiger partial charge in [0.2, 0.25) is 0 Å². The standard InChI is InChI=1S/C15H20ClN3O/c16-11-14(17)18-13-8-4-3-7-12(13)15(20)19-9-5-1-2-6-10-19/h3-4,7-8H,1-2,5-6,9-11H2,(H2,17,18). The number of aliphatic imine (C=N–C) groups is 1. The summed E-state index contributed by atoms with van der Waals surface area (Å²) >= 11 is 5.65. The van der Waals surface area contributed by atoms with Crippen molar-refractivity contribution in [1.82, 2.24) is 4.90 Å². The number of carbonyl (C=O) groups is 1. The third-order valence-electron chi connectivity index (χ3n) is 3.43. The summed E-state index contributed by atoms with van der Waals surface area (Å²) in [6, 6.07) is 7.29. The maximum atomic E-state index is 12.6. The molecule has 1 saturated heterocycles. The second kappa shape index (κ2) is 7.29. The van der Waals surface area contributed by atoms with Gasteiger partial charge in [-0.05, 0) is 25.0 Å². The van der Waals surface area contributed by atoms with E-state index < -0.39 is 0 Å². The van der Waals surface area contributed by atoms with E-state index >= 15 is 0 Å². The average Bonchev–Trinajstić information content (AvgIpc) is 2.76. The lowest BCUT2D eigenvalue weighted by molar-refractivity contribution is 0.0762. The lowest BCUT2D eigenvalue weighted by Gasteiger charge is -2.21. The van der Waals surface area contributed by atoms with Crippen LogP contribution < -0.4 is 5.73 Å². The number of hydrogen-bond acceptors (Lipinski definition) is 2. The molecule has 0 radical (unpaired) electrons. The number of rotatable bonds is 3. The topological polar surface area (TPSA) is 58.7 Å². The number of hydrogen-bond donors (Lipinski definition) is 1. The Hall–Kier alpha value is -1.55. The predicted molar refractivity (Wildman–Crippen MR) is 82.8 cm³/mol. The molecule has 0 aliphatic carbocycles. The lowest BCUT2D eigenvalue weighted by atomic mass is 10.1. The number of amides is 1. The summed E-state index contributed by atoms with van der Waals surface area (Å²) in [4.78, 5) is 18.8. The molecule has 5 heteroatoms. The normalized spacial score (nSPS) is 16.9. The van der Waals surface area contributed by atoms with Gasteiger partial charge in [0, 0.05) is 13.1 Å². The summed E-state index contributed by atoms with van der Waals surface area (Å²) in [7, 11) is 0. The fourth-order valence-electron chi connectivity index (χ4n) is 2.38. The van der Waals surface area contributed by atoms with Gasteiger partial charge in [0.15, 0.2) is 0 Å². The Balaban J connectivity index is 2.25. The van der Waals surface area contributed by atoms with E-state index in [-0.39, 0.29) is 11.8 Å². The van der Waals surface area contributed by atoms with Crippen molar-refractivity contribution in [3.63, 3.8) is 0 Å². The minimum atomic E-state index is 0.0358. The Morgan fingerprint density at radius 3 is 2.50 bits per heavy atom.